The molecule has 1 aromatic carbocycles. The maximum atomic E-state index is 13.2. The zero-order valence-electron chi connectivity index (χ0n) is 11.9. The van der Waals surface area contributed by atoms with Gasteiger partial charge in [-0.25, -0.2) is 14.0 Å². The van der Waals surface area contributed by atoms with E-state index in [2.05, 4.69) is 16.6 Å². The first-order chi connectivity index (χ1) is 9.88. The third kappa shape index (κ3) is 4.48. The van der Waals surface area contributed by atoms with Crippen LogP contribution in [0.3, 0.4) is 0 Å². The van der Waals surface area contributed by atoms with E-state index in [1.807, 2.05) is 0 Å². The van der Waals surface area contributed by atoms with Crippen molar-refractivity contribution in [1.29, 1.82) is 0 Å². The Morgan fingerprint density at radius 2 is 2.00 bits per heavy atom. The van der Waals surface area contributed by atoms with Crippen molar-refractivity contribution in [2.75, 3.05) is 19.5 Å². The van der Waals surface area contributed by atoms with E-state index in [0.29, 0.717) is 5.57 Å². The largest absolute Gasteiger partial charge is 0.494 e. The fourth-order valence-electron chi connectivity index (χ4n) is 1.45. The molecule has 0 aliphatic heterocycles. The third-order valence-electron chi connectivity index (χ3n) is 2.49. The van der Waals surface area contributed by atoms with Gasteiger partial charge >= 0.3 is 12.1 Å². The molecule has 0 aromatic heterocycles. The number of hydrogen-bond acceptors (Lipinski definition) is 5. The van der Waals surface area contributed by atoms with Crippen molar-refractivity contribution < 1.29 is 28.2 Å². The van der Waals surface area contributed by atoms with Crippen molar-refractivity contribution in [2.45, 2.75) is 13.0 Å². The summed E-state index contributed by atoms with van der Waals surface area (Å²) in [6.07, 6.45) is -2.11. The molecule has 0 bridgehead atoms. The van der Waals surface area contributed by atoms with Crippen LogP contribution in [-0.2, 0) is 14.3 Å². The summed E-state index contributed by atoms with van der Waals surface area (Å²) < 4.78 is 27.4. The van der Waals surface area contributed by atoms with Gasteiger partial charge in [-0.3, -0.25) is 5.32 Å². The molecule has 0 fully saturated rings. The van der Waals surface area contributed by atoms with Gasteiger partial charge in [0.1, 0.15) is 0 Å². The molecule has 0 spiro atoms. The fourth-order valence-corrected chi connectivity index (χ4v) is 1.45. The zero-order valence-corrected chi connectivity index (χ0v) is 11.9. The highest BCUT2D eigenvalue weighted by Crippen LogP contribution is 2.21. The summed E-state index contributed by atoms with van der Waals surface area (Å²) in [5.74, 6) is -1.34. The summed E-state index contributed by atoms with van der Waals surface area (Å²) in [5.41, 5.74) is 0.567. The number of methoxy groups -OCH3 is 2. The zero-order chi connectivity index (χ0) is 16.0. The van der Waals surface area contributed by atoms with E-state index in [-0.39, 0.29) is 11.4 Å². The van der Waals surface area contributed by atoms with Crippen molar-refractivity contribution in [3.63, 3.8) is 0 Å². The predicted molar refractivity (Wildman–Crippen MR) is 73.7 cm³/mol. The molecule has 0 heterocycles. The lowest BCUT2D eigenvalue weighted by Crippen LogP contribution is -2.31. The van der Waals surface area contributed by atoms with E-state index >= 15 is 0 Å². The van der Waals surface area contributed by atoms with Crippen LogP contribution in [0.2, 0.25) is 0 Å². The average molecular weight is 297 g/mol. The Labute approximate surface area is 121 Å². The van der Waals surface area contributed by atoms with Crippen molar-refractivity contribution in [2.24, 2.45) is 0 Å². The van der Waals surface area contributed by atoms with Crippen LogP contribution in [0.25, 0.3) is 0 Å². The van der Waals surface area contributed by atoms with Crippen LogP contribution in [0, 0.1) is 5.82 Å². The lowest BCUT2D eigenvalue weighted by molar-refractivity contribution is -0.148. The molecule has 0 saturated carbocycles. The van der Waals surface area contributed by atoms with Gasteiger partial charge in [0.15, 0.2) is 11.6 Å². The van der Waals surface area contributed by atoms with Crippen LogP contribution >= 0.6 is 0 Å². The Morgan fingerprint density at radius 1 is 1.33 bits per heavy atom. The summed E-state index contributed by atoms with van der Waals surface area (Å²) in [4.78, 5) is 23.1. The number of nitrogens with one attached hydrogen (secondary N) is 1. The van der Waals surface area contributed by atoms with Gasteiger partial charge in [0, 0.05) is 11.8 Å². The van der Waals surface area contributed by atoms with Gasteiger partial charge in [0.2, 0.25) is 6.10 Å². The molecule has 7 heteroatoms. The van der Waals surface area contributed by atoms with Gasteiger partial charge < -0.3 is 14.2 Å². The number of esters is 1. The second-order valence-corrected chi connectivity index (χ2v) is 4.13. The number of ether oxygens (including phenoxy) is 3. The molecule has 0 radical (unpaired) electrons. The highest BCUT2D eigenvalue weighted by Gasteiger charge is 2.24. The Bertz CT molecular complexity index is 558. The predicted octanol–water partition coefficient (Wildman–Crippen LogP) is 2.50. The smallest absolute Gasteiger partial charge is 0.412 e. The Kier molecular flexibility index (Phi) is 5.71. The van der Waals surface area contributed by atoms with Crippen LogP contribution in [0.15, 0.2) is 30.4 Å². The Morgan fingerprint density at radius 3 is 2.52 bits per heavy atom. The van der Waals surface area contributed by atoms with Crippen molar-refractivity contribution in [1.82, 2.24) is 0 Å². The molecule has 0 aliphatic rings. The number of benzene rings is 1. The molecular formula is C14H16FNO5. The van der Waals surface area contributed by atoms with Crippen LogP contribution in [0.5, 0.6) is 5.75 Å². The second kappa shape index (κ2) is 7.28. The van der Waals surface area contributed by atoms with Crippen molar-refractivity contribution in [3.05, 3.63) is 36.2 Å². The van der Waals surface area contributed by atoms with Crippen LogP contribution in [0.1, 0.15) is 6.92 Å². The molecule has 0 saturated heterocycles. The molecule has 6 nitrogen and oxygen atoms in total. The van der Waals surface area contributed by atoms with E-state index in [9.17, 15) is 14.0 Å². The number of carbonyl (C=O) groups is 2. The number of rotatable bonds is 5. The van der Waals surface area contributed by atoms with Crippen molar-refractivity contribution >= 4 is 17.7 Å². The topological polar surface area (TPSA) is 73.9 Å². The van der Waals surface area contributed by atoms with E-state index in [4.69, 9.17) is 9.47 Å². The normalized spacial score (nSPS) is 11.2. The average Bonchev–Trinajstić information content (AvgIpc) is 2.45. The number of hydrogen-bond donors (Lipinski definition) is 1. The fraction of sp³-hybridized carbons (Fsp3) is 0.286. The molecule has 1 amide bonds. The first-order valence-electron chi connectivity index (χ1n) is 5.93. The summed E-state index contributed by atoms with van der Waals surface area (Å²) in [5, 5.41) is 2.35. The Balaban J connectivity index is 2.76. The van der Waals surface area contributed by atoms with Gasteiger partial charge in [-0.1, -0.05) is 6.58 Å². The molecule has 21 heavy (non-hydrogen) atoms. The number of amides is 1. The third-order valence-corrected chi connectivity index (χ3v) is 2.49. The summed E-state index contributed by atoms with van der Waals surface area (Å²) in [6, 6.07) is 3.74. The highest BCUT2D eigenvalue weighted by molar-refractivity contribution is 5.88. The van der Waals surface area contributed by atoms with Crippen LogP contribution < -0.4 is 10.1 Å². The van der Waals surface area contributed by atoms with E-state index in [1.54, 1.807) is 0 Å². The maximum absolute atomic E-state index is 13.2. The number of carbonyl (C=O) groups excluding carboxylic acids is 2. The van der Waals surface area contributed by atoms with Crippen LogP contribution in [0.4, 0.5) is 14.9 Å². The minimum absolute atomic E-state index is 0.0304. The monoisotopic (exact) mass is 297 g/mol. The SMILES string of the molecule is C=C(C)C(OC(=O)Nc1ccc(F)c(OC)c1)C(=O)OC. The summed E-state index contributed by atoms with van der Waals surface area (Å²) >= 11 is 0. The summed E-state index contributed by atoms with van der Waals surface area (Å²) in [6.45, 7) is 5.07. The Hall–Kier alpha value is -2.57. The minimum atomic E-state index is -1.21. The van der Waals surface area contributed by atoms with Gasteiger partial charge in [0.25, 0.3) is 0 Å². The van der Waals surface area contributed by atoms with E-state index < -0.39 is 24.0 Å². The van der Waals surface area contributed by atoms with Gasteiger partial charge in [0.05, 0.1) is 14.2 Å². The van der Waals surface area contributed by atoms with Gasteiger partial charge in [-0.2, -0.15) is 0 Å². The molecule has 1 N–H and O–H groups in total. The minimum Gasteiger partial charge on any atom is -0.494 e. The second-order valence-electron chi connectivity index (χ2n) is 4.13. The van der Waals surface area contributed by atoms with Gasteiger partial charge in [-0.05, 0) is 24.6 Å². The molecule has 0 aliphatic carbocycles. The maximum Gasteiger partial charge on any atom is 0.412 e. The first-order valence-corrected chi connectivity index (χ1v) is 5.93. The van der Waals surface area contributed by atoms with Crippen molar-refractivity contribution in [3.8, 4) is 5.75 Å². The molecule has 1 rings (SSSR count). The van der Waals surface area contributed by atoms with E-state index in [1.165, 1.54) is 33.3 Å². The lowest BCUT2D eigenvalue weighted by atomic mass is 10.2. The quantitative estimate of drug-likeness (QED) is 0.667. The van der Waals surface area contributed by atoms with Gasteiger partial charge in [-0.15, -0.1) is 0 Å². The number of halogens is 1. The standard InChI is InChI=1S/C14H16FNO5/c1-8(2)12(13(17)20-4)21-14(18)16-9-5-6-10(15)11(7-9)19-3/h5-7,12H,1H2,2-4H3,(H,16,18). The summed E-state index contributed by atoms with van der Waals surface area (Å²) in [7, 11) is 2.47. The van der Waals surface area contributed by atoms with Crippen LogP contribution in [-0.4, -0.2) is 32.4 Å². The molecule has 1 atom stereocenters. The lowest BCUT2D eigenvalue weighted by Gasteiger charge is -2.16. The highest BCUT2D eigenvalue weighted by atomic mass is 19.1. The molecular weight excluding hydrogens is 281 g/mol. The number of anilines is 1. The first kappa shape index (κ1) is 16.5. The molecule has 1 aromatic rings. The van der Waals surface area contributed by atoms with E-state index in [0.717, 1.165) is 6.07 Å². The molecule has 114 valence electrons. The molecule has 1 unspecified atom stereocenters.